The van der Waals surface area contributed by atoms with Crippen LogP contribution < -0.4 is 0 Å². The number of methoxy groups -OCH3 is 1. The lowest BCUT2D eigenvalue weighted by Crippen LogP contribution is -2.40. The van der Waals surface area contributed by atoms with Crippen LogP contribution in [0.1, 0.15) is 45.2 Å². The second kappa shape index (κ2) is 7.72. The van der Waals surface area contributed by atoms with Crippen LogP contribution in [0, 0.1) is 11.3 Å². The number of aliphatic imine (C=N–C) groups is 1. The van der Waals surface area contributed by atoms with Crippen LogP contribution in [-0.2, 0) is 19.1 Å². The van der Waals surface area contributed by atoms with Crippen LogP contribution >= 0.6 is 0 Å². The molecule has 0 fully saturated rings. The maximum Gasteiger partial charge on any atom is 0.315 e. The number of ether oxygens (including phenoxy) is 2. The van der Waals surface area contributed by atoms with E-state index in [1.807, 2.05) is 25.1 Å². The maximum atomic E-state index is 13.0. The van der Waals surface area contributed by atoms with Gasteiger partial charge < -0.3 is 9.47 Å². The lowest BCUT2D eigenvalue weighted by atomic mass is 9.67. The largest absolute Gasteiger partial charge is 0.463 e. The Morgan fingerprint density at radius 1 is 1.26 bits per heavy atom. The zero-order valence-corrected chi connectivity index (χ0v) is 16.3. The quantitative estimate of drug-likeness (QED) is 0.588. The Morgan fingerprint density at radius 2 is 2.04 bits per heavy atom. The van der Waals surface area contributed by atoms with Gasteiger partial charge in [-0.05, 0) is 30.9 Å². The zero-order valence-electron chi connectivity index (χ0n) is 16.3. The Balaban J connectivity index is 2.05. The third-order valence-electron chi connectivity index (χ3n) is 5.09. The van der Waals surface area contributed by atoms with E-state index in [0.29, 0.717) is 36.4 Å². The van der Waals surface area contributed by atoms with Crippen LogP contribution in [0.25, 0.3) is 0 Å². The normalized spacial score (nSPS) is 24.3. The van der Waals surface area contributed by atoms with Crippen LogP contribution in [-0.4, -0.2) is 42.8 Å². The smallest absolute Gasteiger partial charge is 0.315 e. The van der Waals surface area contributed by atoms with Gasteiger partial charge in [0.15, 0.2) is 5.78 Å². The molecule has 0 bridgehead atoms. The van der Waals surface area contributed by atoms with Gasteiger partial charge in [-0.3, -0.25) is 19.6 Å². The molecule has 1 unspecified atom stereocenters. The summed E-state index contributed by atoms with van der Waals surface area (Å²) in [5.41, 5.74) is 2.62. The minimum absolute atomic E-state index is 0.0443. The van der Waals surface area contributed by atoms with Crippen LogP contribution in [0.4, 0.5) is 0 Å². The van der Waals surface area contributed by atoms with Gasteiger partial charge in [0.05, 0.1) is 12.5 Å². The zero-order chi connectivity index (χ0) is 19.6. The van der Waals surface area contributed by atoms with Crippen molar-refractivity contribution in [1.29, 1.82) is 0 Å². The molecule has 1 aromatic heterocycles. The fourth-order valence-corrected chi connectivity index (χ4v) is 3.95. The first-order valence-electron chi connectivity index (χ1n) is 9.22. The molecule has 0 N–H and O–H groups in total. The van der Waals surface area contributed by atoms with Crippen molar-refractivity contribution in [3.05, 3.63) is 41.4 Å². The molecular formula is C21H26N2O4. The maximum absolute atomic E-state index is 13.0. The molecule has 2 atom stereocenters. The molecule has 0 spiro atoms. The summed E-state index contributed by atoms with van der Waals surface area (Å²) in [5, 5.41) is 0. The van der Waals surface area contributed by atoms with Crippen LogP contribution in [0.2, 0.25) is 0 Å². The lowest BCUT2D eigenvalue weighted by molar-refractivity contribution is -0.147. The third kappa shape index (κ3) is 4.00. The van der Waals surface area contributed by atoms with Gasteiger partial charge in [0.25, 0.3) is 0 Å². The van der Waals surface area contributed by atoms with Crippen molar-refractivity contribution in [2.24, 2.45) is 16.3 Å². The van der Waals surface area contributed by atoms with Gasteiger partial charge in [0, 0.05) is 42.4 Å². The summed E-state index contributed by atoms with van der Waals surface area (Å²) in [6.45, 7) is 6.46. The van der Waals surface area contributed by atoms with E-state index in [9.17, 15) is 9.59 Å². The van der Waals surface area contributed by atoms with Gasteiger partial charge in [-0.2, -0.15) is 0 Å². The minimum Gasteiger partial charge on any atom is -0.463 e. The molecule has 3 rings (SSSR count). The minimum atomic E-state index is -0.652. The molecule has 0 amide bonds. The molecule has 1 aromatic rings. The van der Waals surface area contributed by atoms with Crippen LogP contribution in [0.3, 0.4) is 0 Å². The lowest BCUT2D eigenvalue weighted by Gasteiger charge is -2.38. The first-order chi connectivity index (χ1) is 12.8. The predicted molar refractivity (Wildman–Crippen MR) is 101 cm³/mol. The summed E-state index contributed by atoms with van der Waals surface area (Å²) in [7, 11) is 1.55. The number of carbonyl (C=O) groups is 2. The molecule has 27 heavy (non-hydrogen) atoms. The van der Waals surface area contributed by atoms with Crippen molar-refractivity contribution in [2.45, 2.75) is 39.5 Å². The molecule has 1 aliphatic heterocycles. The predicted octanol–water partition coefficient (Wildman–Crippen LogP) is 3.09. The molecule has 2 aliphatic rings. The third-order valence-corrected chi connectivity index (χ3v) is 5.09. The van der Waals surface area contributed by atoms with Gasteiger partial charge in [-0.25, -0.2) is 0 Å². The van der Waals surface area contributed by atoms with E-state index in [-0.39, 0.29) is 17.8 Å². The van der Waals surface area contributed by atoms with Gasteiger partial charge >= 0.3 is 5.97 Å². The van der Waals surface area contributed by atoms with Crippen molar-refractivity contribution in [3.8, 4) is 0 Å². The topological polar surface area (TPSA) is 77.9 Å². The molecule has 0 saturated carbocycles. The second-order valence-corrected chi connectivity index (χ2v) is 7.92. The average molecular weight is 370 g/mol. The van der Waals surface area contributed by atoms with Crippen molar-refractivity contribution in [3.63, 3.8) is 0 Å². The molecule has 144 valence electrons. The van der Waals surface area contributed by atoms with Gasteiger partial charge in [0.2, 0.25) is 0 Å². The molecule has 1 aliphatic carbocycles. The van der Waals surface area contributed by atoms with E-state index in [2.05, 4.69) is 23.8 Å². The van der Waals surface area contributed by atoms with E-state index in [1.54, 1.807) is 13.3 Å². The molecule has 6 nitrogen and oxygen atoms in total. The van der Waals surface area contributed by atoms with Crippen molar-refractivity contribution in [1.82, 2.24) is 4.98 Å². The number of pyridine rings is 1. The second-order valence-electron chi connectivity index (χ2n) is 7.92. The number of hydrogen-bond donors (Lipinski definition) is 0. The number of hydrogen-bond acceptors (Lipinski definition) is 6. The Kier molecular flexibility index (Phi) is 5.56. The van der Waals surface area contributed by atoms with Crippen LogP contribution in [0.5, 0.6) is 0 Å². The molecule has 0 saturated heterocycles. The highest BCUT2D eigenvalue weighted by Gasteiger charge is 2.46. The number of esters is 1. The number of Topliss-reactive ketones (excluding diaryl/α,β-unsaturated/α-hetero) is 1. The molecule has 2 heterocycles. The van der Waals surface area contributed by atoms with E-state index in [0.717, 1.165) is 5.70 Å². The van der Waals surface area contributed by atoms with E-state index >= 15 is 0 Å². The van der Waals surface area contributed by atoms with Gasteiger partial charge in [-0.15, -0.1) is 0 Å². The standard InChI is InChI=1S/C21H26N2O4/c1-13-17(20(25)27-10-9-26-4)19(14-7-5-6-8-22-14)18-15(23-13)11-21(2,3)12-16(18)24/h5-8,17,19H,9-12H2,1-4H3/t17?,19-/m1/s1. The summed E-state index contributed by atoms with van der Waals surface area (Å²) in [4.78, 5) is 35.0. The Bertz CT molecular complexity index is 796. The highest BCUT2D eigenvalue weighted by Crippen LogP contribution is 2.47. The Morgan fingerprint density at radius 3 is 2.70 bits per heavy atom. The molecule has 0 aromatic carbocycles. The highest BCUT2D eigenvalue weighted by molar-refractivity contribution is 6.08. The number of allylic oxidation sites excluding steroid dienone is 2. The van der Waals surface area contributed by atoms with Crippen molar-refractivity contribution >= 4 is 17.5 Å². The van der Waals surface area contributed by atoms with Crippen molar-refractivity contribution < 1.29 is 19.1 Å². The Labute approximate surface area is 159 Å². The first kappa shape index (κ1) is 19.4. The summed E-state index contributed by atoms with van der Waals surface area (Å²) >= 11 is 0. The van der Waals surface area contributed by atoms with E-state index in [1.165, 1.54) is 0 Å². The summed E-state index contributed by atoms with van der Waals surface area (Å²) in [6.07, 6.45) is 2.83. The molecule has 6 heteroatoms. The number of ketones is 1. The fraction of sp³-hybridized carbons (Fsp3) is 0.524. The highest BCUT2D eigenvalue weighted by atomic mass is 16.6. The van der Waals surface area contributed by atoms with E-state index in [4.69, 9.17) is 9.47 Å². The Hall–Kier alpha value is -2.34. The SMILES string of the molecule is COCCOC(=O)C1C(C)=NC2=C(C(=O)CC(C)(C)C2)[C@@H]1c1ccccn1. The summed E-state index contributed by atoms with van der Waals surface area (Å²) in [5.74, 6) is -1.46. The molecule has 0 radical (unpaired) electrons. The van der Waals surface area contributed by atoms with Gasteiger partial charge in [-0.1, -0.05) is 19.9 Å². The van der Waals surface area contributed by atoms with Crippen molar-refractivity contribution in [2.75, 3.05) is 20.3 Å². The van der Waals surface area contributed by atoms with Gasteiger partial charge in [0.1, 0.15) is 12.5 Å². The number of aromatic nitrogens is 1. The fourth-order valence-electron chi connectivity index (χ4n) is 3.95. The monoisotopic (exact) mass is 370 g/mol. The summed E-state index contributed by atoms with van der Waals surface area (Å²) in [6, 6.07) is 5.55. The van der Waals surface area contributed by atoms with Crippen LogP contribution in [0.15, 0.2) is 40.7 Å². The average Bonchev–Trinajstić information content (AvgIpc) is 2.60. The van der Waals surface area contributed by atoms with E-state index < -0.39 is 17.8 Å². The summed E-state index contributed by atoms with van der Waals surface area (Å²) < 4.78 is 10.4. The molecular weight excluding hydrogens is 344 g/mol. The first-order valence-corrected chi connectivity index (χ1v) is 9.22. The number of nitrogens with zero attached hydrogens (tertiary/aromatic N) is 2. The number of carbonyl (C=O) groups excluding carboxylic acids is 2. The number of rotatable bonds is 5.